The Morgan fingerprint density at radius 1 is 1.42 bits per heavy atom. The average Bonchev–Trinajstić information content (AvgIpc) is 2.58. The molecule has 0 aromatic carbocycles. The minimum atomic E-state index is 0.611. The molecule has 4 heteroatoms. The Kier molecular flexibility index (Phi) is 1.67. The molecule has 4 nitrogen and oxygen atoms in total. The standard InChI is InChI=1S/C8H14N4/c1-11-6-7(9)10-8(11)12-4-2-3-5-12/h6H,2-5,9H2,1H3. The molecule has 1 fully saturated rings. The van der Waals surface area contributed by atoms with Gasteiger partial charge in [0.05, 0.1) is 0 Å². The molecule has 0 amide bonds. The minimum Gasteiger partial charge on any atom is -0.382 e. The first-order chi connectivity index (χ1) is 5.77. The fourth-order valence-electron chi connectivity index (χ4n) is 1.69. The zero-order valence-electron chi connectivity index (χ0n) is 7.32. The van der Waals surface area contributed by atoms with Gasteiger partial charge in [0.15, 0.2) is 0 Å². The molecule has 12 heavy (non-hydrogen) atoms. The second-order valence-corrected chi connectivity index (χ2v) is 3.27. The van der Waals surface area contributed by atoms with Gasteiger partial charge in [-0.1, -0.05) is 0 Å². The molecule has 0 bridgehead atoms. The van der Waals surface area contributed by atoms with E-state index >= 15 is 0 Å². The van der Waals surface area contributed by atoms with Gasteiger partial charge in [0.1, 0.15) is 5.82 Å². The number of hydrogen-bond acceptors (Lipinski definition) is 3. The van der Waals surface area contributed by atoms with Crippen LogP contribution in [0.3, 0.4) is 0 Å². The first-order valence-corrected chi connectivity index (χ1v) is 4.31. The summed E-state index contributed by atoms with van der Waals surface area (Å²) in [5, 5.41) is 0. The lowest BCUT2D eigenvalue weighted by molar-refractivity contribution is 0.822. The molecule has 1 aliphatic heterocycles. The van der Waals surface area contributed by atoms with Crippen molar-refractivity contribution in [3.05, 3.63) is 6.20 Å². The van der Waals surface area contributed by atoms with Crippen molar-refractivity contribution < 1.29 is 0 Å². The predicted octanol–water partition coefficient (Wildman–Crippen LogP) is 0.602. The highest BCUT2D eigenvalue weighted by molar-refractivity contribution is 5.41. The number of nitrogens with two attached hydrogens (primary N) is 1. The monoisotopic (exact) mass is 166 g/mol. The van der Waals surface area contributed by atoms with Crippen LogP contribution < -0.4 is 10.6 Å². The summed E-state index contributed by atoms with van der Waals surface area (Å²) in [7, 11) is 1.98. The Hall–Kier alpha value is -1.19. The third kappa shape index (κ3) is 1.13. The number of hydrogen-bond donors (Lipinski definition) is 1. The van der Waals surface area contributed by atoms with E-state index in [4.69, 9.17) is 5.73 Å². The molecule has 2 rings (SSSR count). The Bertz CT molecular complexity index is 273. The van der Waals surface area contributed by atoms with Crippen molar-refractivity contribution in [2.24, 2.45) is 7.05 Å². The van der Waals surface area contributed by atoms with Crippen molar-refractivity contribution in [3.8, 4) is 0 Å². The smallest absolute Gasteiger partial charge is 0.207 e. The van der Waals surface area contributed by atoms with Gasteiger partial charge < -0.3 is 15.2 Å². The number of aromatic nitrogens is 2. The molecule has 0 radical (unpaired) electrons. The minimum absolute atomic E-state index is 0.611. The van der Waals surface area contributed by atoms with Crippen molar-refractivity contribution in [1.82, 2.24) is 9.55 Å². The lowest BCUT2D eigenvalue weighted by Gasteiger charge is -2.15. The summed E-state index contributed by atoms with van der Waals surface area (Å²) < 4.78 is 1.99. The SMILES string of the molecule is Cn1cc(N)nc1N1CCCC1. The van der Waals surface area contributed by atoms with Crippen molar-refractivity contribution in [2.75, 3.05) is 23.7 Å². The lowest BCUT2D eigenvalue weighted by Crippen LogP contribution is -2.21. The van der Waals surface area contributed by atoms with Crippen LogP contribution in [0.25, 0.3) is 0 Å². The summed E-state index contributed by atoms with van der Waals surface area (Å²) in [6.45, 7) is 2.23. The van der Waals surface area contributed by atoms with Crippen LogP contribution in [-0.2, 0) is 7.05 Å². The maximum atomic E-state index is 5.59. The highest BCUT2D eigenvalue weighted by Gasteiger charge is 2.16. The predicted molar refractivity (Wildman–Crippen MR) is 49.1 cm³/mol. The van der Waals surface area contributed by atoms with Gasteiger partial charge in [-0.3, -0.25) is 0 Å². The molecule has 2 heterocycles. The first kappa shape index (κ1) is 7.46. The maximum Gasteiger partial charge on any atom is 0.207 e. The van der Waals surface area contributed by atoms with Gasteiger partial charge in [0.25, 0.3) is 0 Å². The highest BCUT2D eigenvalue weighted by atomic mass is 15.3. The highest BCUT2D eigenvalue weighted by Crippen LogP contribution is 2.18. The van der Waals surface area contributed by atoms with Gasteiger partial charge in [-0.15, -0.1) is 0 Å². The van der Waals surface area contributed by atoms with E-state index in [1.54, 1.807) is 0 Å². The van der Waals surface area contributed by atoms with E-state index in [1.807, 2.05) is 17.8 Å². The fourth-order valence-corrected chi connectivity index (χ4v) is 1.69. The maximum absolute atomic E-state index is 5.59. The quantitative estimate of drug-likeness (QED) is 0.664. The van der Waals surface area contributed by atoms with Gasteiger partial charge in [0, 0.05) is 26.3 Å². The second-order valence-electron chi connectivity index (χ2n) is 3.27. The van der Waals surface area contributed by atoms with E-state index in [9.17, 15) is 0 Å². The summed E-state index contributed by atoms with van der Waals surface area (Å²) in [6.07, 6.45) is 4.40. The van der Waals surface area contributed by atoms with Crippen molar-refractivity contribution in [2.45, 2.75) is 12.8 Å². The van der Waals surface area contributed by atoms with E-state index in [-0.39, 0.29) is 0 Å². The Morgan fingerprint density at radius 3 is 2.58 bits per heavy atom. The molecular formula is C8H14N4. The summed E-state index contributed by atoms with van der Waals surface area (Å²) in [4.78, 5) is 6.53. The number of anilines is 2. The molecule has 0 aliphatic carbocycles. The molecule has 2 N–H and O–H groups in total. The molecule has 1 saturated heterocycles. The van der Waals surface area contributed by atoms with Gasteiger partial charge in [0.2, 0.25) is 5.95 Å². The Labute approximate surface area is 72.0 Å². The van der Waals surface area contributed by atoms with Gasteiger partial charge in [-0.2, -0.15) is 4.98 Å². The molecular weight excluding hydrogens is 152 g/mol. The largest absolute Gasteiger partial charge is 0.382 e. The van der Waals surface area contributed by atoms with Crippen molar-refractivity contribution >= 4 is 11.8 Å². The van der Waals surface area contributed by atoms with E-state index in [0.717, 1.165) is 19.0 Å². The van der Waals surface area contributed by atoms with Gasteiger partial charge in [-0.25, -0.2) is 0 Å². The number of aryl methyl sites for hydroxylation is 1. The van der Waals surface area contributed by atoms with Crippen molar-refractivity contribution in [1.29, 1.82) is 0 Å². The van der Waals surface area contributed by atoms with Crippen LogP contribution in [0.15, 0.2) is 6.20 Å². The van der Waals surface area contributed by atoms with Gasteiger partial charge in [-0.05, 0) is 12.8 Å². The molecule has 0 unspecified atom stereocenters. The number of nitrogens with zero attached hydrogens (tertiary/aromatic N) is 3. The third-order valence-electron chi connectivity index (χ3n) is 2.26. The van der Waals surface area contributed by atoms with Crippen LogP contribution in [0.5, 0.6) is 0 Å². The summed E-state index contributed by atoms with van der Waals surface area (Å²) in [5.41, 5.74) is 5.59. The summed E-state index contributed by atoms with van der Waals surface area (Å²) >= 11 is 0. The topological polar surface area (TPSA) is 47.1 Å². The lowest BCUT2D eigenvalue weighted by atomic mass is 10.4. The van der Waals surface area contributed by atoms with E-state index in [0.29, 0.717) is 5.82 Å². The zero-order chi connectivity index (χ0) is 8.55. The second kappa shape index (κ2) is 2.69. The molecule has 1 aliphatic rings. The molecule has 1 aromatic rings. The summed E-state index contributed by atoms with van der Waals surface area (Å²) in [6, 6.07) is 0. The van der Waals surface area contributed by atoms with Crippen molar-refractivity contribution in [3.63, 3.8) is 0 Å². The van der Waals surface area contributed by atoms with E-state index < -0.39 is 0 Å². The Morgan fingerprint density at radius 2 is 2.08 bits per heavy atom. The molecule has 1 aromatic heterocycles. The van der Waals surface area contributed by atoms with E-state index in [2.05, 4.69) is 9.88 Å². The van der Waals surface area contributed by atoms with Crippen LogP contribution in [0.4, 0.5) is 11.8 Å². The number of nitrogen functional groups attached to an aromatic ring is 1. The van der Waals surface area contributed by atoms with Crippen LogP contribution >= 0.6 is 0 Å². The zero-order valence-corrected chi connectivity index (χ0v) is 7.32. The van der Waals surface area contributed by atoms with Crippen LogP contribution in [-0.4, -0.2) is 22.6 Å². The van der Waals surface area contributed by atoms with Crippen LogP contribution in [0.1, 0.15) is 12.8 Å². The molecule has 0 atom stereocenters. The summed E-state index contributed by atoms with van der Waals surface area (Å²) in [5.74, 6) is 1.62. The number of rotatable bonds is 1. The average molecular weight is 166 g/mol. The third-order valence-corrected chi connectivity index (χ3v) is 2.26. The Balaban J connectivity index is 2.25. The molecule has 0 saturated carbocycles. The number of imidazole rings is 1. The van der Waals surface area contributed by atoms with Crippen LogP contribution in [0, 0.1) is 0 Å². The normalized spacial score (nSPS) is 17.2. The molecule has 66 valence electrons. The van der Waals surface area contributed by atoms with E-state index in [1.165, 1.54) is 12.8 Å². The fraction of sp³-hybridized carbons (Fsp3) is 0.625. The first-order valence-electron chi connectivity index (χ1n) is 4.31. The molecule has 0 spiro atoms. The van der Waals surface area contributed by atoms with Gasteiger partial charge >= 0.3 is 0 Å². The van der Waals surface area contributed by atoms with Crippen LogP contribution in [0.2, 0.25) is 0 Å².